The summed E-state index contributed by atoms with van der Waals surface area (Å²) in [6.07, 6.45) is 5.37. The normalized spacial score (nSPS) is 10.0. The molecule has 1 N–H and O–H groups in total. The van der Waals surface area contributed by atoms with Gasteiger partial charge in [0, 0.05) is 5.56 Å². The number of fused-ring (bicyclic) bond motifs is 1. The Morgan fingerprint density at radius 2 is 2.00 bits per heavy atom. The first-order valence-corrected chi connectivity index (χ1v) is 4.41. The van der Waals surface area contributed by atoms with E-state index in [4.69, 9.17) is 6.42 Å². The minimum Gasteiger partial charge on any atom is -0.508 e. The van der Waals surface area contributed by atoms with Crippen molar-refractivity contribution in [3.05, 3.63) is 41.5 Å². The molecular formula is C13H10O. The summed E-state index contributed by atoms with van der Waals surface area (Å²) in [5.74, 6) is 2.92. The van der Waals surface area contributed by atoms with E-state index >= 15 is 0 Å². The van der Waals surface area contributed by atoms with Gasteiger partial charge in [-0.05, 0) is 41.5 Å². The fourth-order valence-electron chi connectivity index (χ4n) is 1.63. The van der Waals surface area contributed by atoms with Crippen LogP contribution >= 0.6 is 0 Å². The van der Waals surface area contributed by atoms with Gasteiger partial charge in [-0.25, -0.2) is 0 Å². The van der Waals surface area contributed by atoms with Gasteiger partial charge in [0.25, 0.3) is 0 Å². The monoisotopic (exact) mass is 182 g/mol. The third kappa shape index (κ3) is 1.22. The average molecular weight is 182 g/mol. The maximum Gasteiger partial charge on any atom is 0.116 e. The van der Waals surface area contributed by atoms with Crippen molar-refractivity contribution < 1.29 is 5.11 Å². The molecule has 0 bridgehead atoms. The van der Waals surface area contributed by atoms with Gasteiger partial charge in [0.1, 0.15) is 5.75 Å². The van der Waals surface area contributed by atoms with E-state index in [1.54, 1.807) is 12.1 Å². The molecule has 0 saturated carbocycles. The predicted molar refractivity (Wildman–Crippen MR) is 58.3 cm³/mol. The van der Waals surface area contributed by atoms with E-state index in [9.17, 15) is 5.11 Å². The van der Waals surface area contributed by atoms with Crippen LogP contribution in [0.2, 0.25) is 0 Å². The molecule has 0 fully saturated rings. The number of aromatic hydroxyl groups is 1. The molecule has 0 saturated heterocycles. The van der Waals surface area contributed by atoms with Crippen molar-refractivity contribution in [3.63, 3.8) is 0 Å². The number of hydrogen-bond acceptors (Lipinski definition) is 1. The average Bonchev–Trinajstić information content (AvgIpc) is 2.18. The first-order chi connectivity index (χ1) is 6.72. The van der Waals surface area contributed by atoms with Crippen LogP contribution in [-0.4, -0.2) is 5.11 Å². The zero-order valence-electron chi connectivity index (χ0n) is 7.91. The Morgan fingerprint density at radius 3 is 2.71 bits per heavy atom. The number of phenols is 1. The Hall–Kier alpha value is -1.94. The molecule has 2 aromatic rings. The van der Waals surface area contributed by atoms with Crippen LogP contribution in [0.1, 0.15) is 11.1 Å². The molecule has 0 aromatic heterocycles. The van der Waals surface area contributed by atoms with E-state index in [1.807, 2.05) is 25.1 Å². The highest BCUT2D eigenvalue weighted by molar-refractivity contribution is 5.88. The van der Waals surface area contributed by atoms with Gasteiger partial charge in [0.15, 0.2) is 0 Å². The second-order valence-corrected chi connectivity index (χ2v) is 3.29. The molecule has 1 nitrogen and oxygen atoms in total. The number of rotatable bonds is 0. The number of phenolic OH excluding ortho intramolecular Hbond substituents is 1. The lowest BCUT2D eigenvalue weighted by Crippen LogP contribution is -1.84. The van der Waals surface area contributed by atoms with Crippen molar-refractivity contribution in [2.45, 2.75) is 6.92 Å². The molecule has 0 spiro atoms. The fraction of sp³-hybridized carbons (Fsp3) is 0.0769. The Labute approximate surface area is 83.0 Å². The Kier molecular flexibility index (Phi) is 1.90. The Balaban J connectivity index is 2.85. The van der Waals surface area contributed by atoms with Crippen LogP contribution in [0.4, 0.5) is 0 Å². The van der Waals surface area contributed by atoms with Crippen molar-refractivity contribution in [1.82, 2.24) is 0 Å². The third-order valence-corrected chi connectivity index (χ3v) is 2.43. The summed E-state index contributed by atoms with van der Waals surface area (Å²) < 4.78 is 0. The van der Waals surface area contributed by atoms with Crippen LogP contribution in [0.5, 0.6) is 5.75 Å². The van der Waals surface area contributed by atoms with Crippen LogP contribution < -0.4 is 0 Å². The lowest BCUT2D eigenvalue weighted by atomic mass is 10.0. The van der Waals surface area contributed by atoms with Gasteiger partial charge in [0.05, 0.1) is 0 Å². The Morgan fingerprint density at radius 1 is 1.21 bits per heavy atom. The molecule has 2 aromatic carbocycles. The topological polar surface area (TPSA) is 20.2 Å². The van der Waals surface area contributed by atoms with Gasteiger partial charge in [-0.15, -0.1) is 6.42 Å². The maximum absolute atomic E-state index is 9.31. The van der Waals surface area contributed by atoms with Crippen molar-refractivity contribution in [2.75, 3.05) is 0 Å². The zero-order chi connectivity index (χ0) is 10.1. The van der Waals surface area contributed by atoms with Crippen LogP contribution in [-0.2, 0) is 0 Å². The zero-order valence-corrected chi connectivity index (χ0v) is 7.91. The number of terminal acetylenes is 1. The van der Waals surface area contributed by atoms with Gasteiger partial charge >= 0.3 is 0 Å². The molecule has 2 rings (SSSR count). The molecule has 0 aliphatic carbocycles. The third-order valence-electron chi connectivity index (χ3n) is 2.43. The molecule has 0 atom stereocenters. The minimum absolute atomic E-state index is 0.283. The minimum atomic E-state index is 0.283. The summed E-state index contributed by atoms with van der Waals surface area (Å²) in [6.45, 7) is 1.99. The van der Waals surface area contributed by atoms with Gasteiger partial charge in [-0.3, -0.25) is 0 Å². The molecular weight excluding hydrogens is 172 g/mol. The van der Waals surface area contributed by atoms with Gasteiger partial charge < -0.3 is 5.11 Å². The first kappa shape index (κ1) is 8.65. The van der Waals surface area contributed by atoms with E-state index in [-0.39, 0.29) is 5.75 Å². The van der Waals surface area contributed by atoms with Crippen molar-refractivity contribution >= 4 is 10.8 Å². The highest BCUT2D eigenvalue weighted by Crippen LogP contribution is 2.24. The summed E-state index contributed by atoms with van der Waals surface area (Å²) in [6, 6.07) is 9.13. The molecule has 0 radical (unpaired) electrons. The molecule has 0 aliphatic heterocycles. The summed E-state index contributed by atoms with van der Waals surface area (Å²) >= 11 is 0. The number of aryl methyl sites for hydroxylation is 1. The number of benzene rings is 2. The molecule has 14 heavy (non-hydrogen) atoms. The van der Waals surface area contributed by atoms with Gasteiger partial charge in [-0.1, -0.05) is 18.1 Å². The lowest BCUT2D eigenvalue weighted by Gasteiger charge is -2.04. The van der Waals surface area contributed by atoms with Crippen LogP contribution in [0.3, 0.4) is 0 Å². The van der Waals surface area contributed by atoms with E-state index in [0.717, 1.165) is 21.9 Å². The largest absolute Gasteiger partial charge is 0.508 e. The standard InChI is InChI=1S/C13H10O/c1-3-10-4-5-11-8-12(14)6-7-13(11)9(10)2/h1,4-8,14H,2H3. The molecule has 0 unspecified atom stereocenters. The van der Waals surface area contributed by atoms with E-state index in [2.05, 4.69) is 5.92 Å². The summed E-state index contributed by atoms with van der Waals surface area (Å²) in [5, 5.41) is 11.4. The summed E-state index contributed by atoms with van der Waals surface area (Å²) in [5.41, 5.74) is 1.99. The van der Waals surface area contributed by atoms with Gasteiger partial charge in [0.2, 0.25) is 0 Å². The molecule has 68 valence electrons. The summed E-state index contributed by atoms with van der Waals surface area (Å²) in [4.78, 5) is 0. The fourth-order valence-corrected chi connectivity index (χ4v) is 1.63. The van der Waals surface area contributed by atoms with Crippen molar-refractivity contribution in [1.29, 1.82) is 0 Å². The smallest absolute Gasteiger partial charge is 0.116 e. The first-order valence-electron chi connectivity index (χ1n) is 4.41. The Bertz CT molecular complexity index is 533. The van der Waals surface area contributed by atoms with Crippen LogP contribution in [0.15, 0.2) is 30.3 Å². The lowest BCUT2D eigenvalue weighted by molar-refractivity contribution is 0.476. The molecule has 0 heterocycles. The van der Waals surface area contributed by atoms with Crippen molar-refractivity contribution in [3.8, 4) is 18.1 Å². The molecule has 0 amide bonds. The highest BCUT2D eigenvalue weighted by atomic mass is 16.3. The van der Waals surface area contributed by atoms with E-state index < -0.39 is 0 Å². The van der Waals surface area contributed by atoms with Gasteiger partial charge in [-0.2, -0.15) is 0 Å². The summed E-state index contributed by atoms with van der Waals surface area (Å²) in [7, 11) is 0. The van der Waals surface area contributed by atoms with E-state index in [0.29, 0.717) is 0 Å². The molecule has 1 heteroatoms. The highest BCUT2D eigenvalue weighted by Gasteiger charge is 2.01. The SMILES string of the molecule is C#Cc1ccc2cc(O)ccc2c1C. The van der Waals surface area contributed by atoms with E-state index in [1.165, 1.54) is 0 Å². The quantitative estimate of drug-likeness (QED) is 0.621. The second-order valence-electron chi connectivity index (χ2n) is 3.29. The second kappa shape index (κ2) is 3.08. The molecule has 0 aliphatic rings. The van der Waals surface area contributed by atoms with Crippen LogP contribution in [0, 0.1) is 19.3 Å². The van der Waals surface area contributed by atoms with Crippen LogP contribution in [0.25, 0.3) is 10.8 Å². The van der Waals surface area contributed by atoms with Crippen molar-refractivity contribution in [2.24, 2.45) is 0 Å². The maximum atomic E-state index is 9.31. The predicted octanol–water partition coefficient (Wildman–Crippen LogP) is 2.84. The number of hydrogen-bond donors (Lipinski definition) is 1.